The molecule has 2 N–H and O–H groups in total. The van der Waals surface area contributed by atoms with Crippen LogP contribution < -0.4 is 5.69 Å². The third kappa shape index (κ3) is 2.23. The molecule has 21 heavy (non-hydrogen) atoms. The van der Waals surface area contributed by atoms with Gasteiger partial charge >= 0.3 is 11.7 Å². The van der Waals surface area contributed by atoms with E-state index in [1.165, 1.54) is 16.7 Å². The number of imidazole rings is 1. The Kier molecular flexibility index (Phi) is 3.10. The molecule has 5 heteroatoms. The highest BCUT2D eigenvalue weighted by Crippen LogP contribution is 2.18. The van der Waals surface area contributed by atoms with Crippen LogP contribution in [0.2, 0.25) is 0 Å². The van der Waals surface area contributed by atoms with Gasteiger partial charge < -0.3 is 10.1 Å². The van der Waals surface area contributed by atoms with E-state index in [4.69, 9.17) is 5.11 Å². The molecule has 0 spiro atoms. The van der Waals surface area contributed by atoms with Gasteiger partial charge in [0, 0.05) is 0 Å². The standard InChI is InChI=1S/C16H14N2O3/c1-2-10-4-3-5-12(8-10)18-14-9-11(15(19)20)6-7-13(14)17-16(18)21/h3-9H,2H2,1H3,(H,17,21)(H,19,20). The van der Waals surface area contributed by atoms with Gasteiger partial charge in [0.15, 0.2) is 0 Å². The van der Waals surface area contributed by atoms with Crippen molar-refractivity contribution in [1.29, 1.82) is 0 Å². The van der Waals surface area contributed by atoms with E-state index in [0.29, 0.717) is 11.0 Å². The first kappa shape index (κ1) is 13.2. The first-order valence-electron chi connectivity index (χ1n) is 6.67. The average molecular weight is 282 g/mol. The molecule has 3 rings (SSSR count). The second kappa shape index (κ2) is 4.94. The van der Waals surface area contributed by atoms with E-state index in [2.05, 4.69) is 4.98 Å². The summed E-state index contributed by atoms with van der Waals surface area (Å²) in [5, 5.41) is 9.10. The lowest BCUT2D eigenvalue weighted by Crippen LogP contribution is -2.14. The molecule has 0 atom stereocenters. The normalized spacial score (nSPS) is 10.9. The maximum absolute atomic E-state index is 12.2. The molecule has 0 aliphatic heterocycles. The molecule has 0 saturated carbocycles. The molecule has 2 aromatic carbocycles. The average Bonchev–Trinajstić information content (AvgIpc) is 2.82. The highest BCUT2D eigenvalue weighted by molar-refractivity contribution is 5.92. The van der Waals surface area contributed by atoms with Crippen LogP contribution in [0.25, 0.3) is 16.7 Å². The van der Waals surface area contributed by atoms with Crippen molar-refractivity contribution in [3.63, 3.8) is 0 Å². The number of carbonyl (C=O) groups is 1. The lowest BCUT2D eigenvalue weighted by Gasteiger charge is -2.06. The molecule has 0 amide bonds. The van der Waals surface area contributed by atoms with Crippen LogP contribution >= 0.6 is 0 Å². The number of benzene rings is 2. The number of H-pyrrole nitrogens is 1. The number of aryl methyl sites for hydroxylation is 1. The van der Waals surface area contributed by atoms with Gasteiger partial charge in [-0.15, -0.1) is 0 Å². The van der Waals surface area contributed by atoms with Crippen molar-refractivity contribution in [2.45, 2.75) is 13.3 Å². The Morgan fingerprint density at radius 2 is 2.05 bits per heavy atom. The molecular formula is C16H14N2O3. The van der Waals surface area contributed by atoms with E-state index in [9.17, 15) is 9.59 Å². The summed E-state index contributed by atoms with van der Waals surface area (Å²) in [6.07, 6.45) is 0.866. The van der Waals surface area contributed by atoms with Gasteiger partial charge in [-0.1, -0.05) is 19.1 Å². The molecule has 106 valence electrons. The summed E-state index contributed by atoms with van der Waals surface area (Å²) in [4.78, 5) is 26.0. The van der Waals surface area contributed by atoms with Crippen LogP contribution in [-0.4, -0.2) is 20.6 Å². The Morgan fingerprint density at radius 1 is 1.24 bits per heavy atom. The molecule has 0 radical (unpaired) electrons. The molecule has 1 heterocycles. The highest BCUT2D eigenvalue weighted by atomic mass is 16.4. The zero-order valence-electron chi connectivity index (χ0n) is 11.5. The molecule has 0 fully saturated rings. The number of rotatable bonds is 3. The molecule has 0 aliphatic carbocycles. The van der Waals surface area contributed by atoms with Crippen molar-refractivity contribution < 1.29 is 9.90 Å². The summed E-state index contributed by atoms with van der Waals surface area (Å²) in [6, 6.07) is 12.2. The Hall–Kier alpha value is -2.82. The number of nitrogens with one attached hydrogen (secondary N) is 1. The van der Waals surface area contributed by atoms with Crippen molar-refractivity contribution in [1.82, 2.24) is 9.55 Å². The molecule has 3 aromatic rings. The van der Waals surface area contributed by atoms with Crippen molar-refractivity contribution >= 4 is 17.0 Å². The summed E-state index contributed by atoms with van der Waals surface area (Å²) in [7, 11) is 0. The summed E-state index contributed by atoms with van der Waals surface area (Å²) < 4.78 is 1.50. The summed E-state index contributed by atoms with van der Waals surface area (Å²) in [5.41, 5.74) is 2.90. The van der Waals surface area contributed by atoms with E-state index in [1.54, 1.807) is 6.07 Å². The Morgan fingerprint density at radius 3 is 2.76 bits per heavy atom. The predicted molar refractivity (Wildman–Crippen MR) is 80.2 cm³/mol. The van der Waals surface area contributed by atoms with Gasteiger partial charge in [0.25, 0.3) is 0 Å². The molecule has 0 saturated heterocycles. The van der Waals surface area contributed by atoms with Gasteiger partial charge in [-0.05, 0) is 42.3 Å². The van der Waals surface area contributed by atoms with Gasteiger partial charge in [-0.2, -0.15) is 0 Å². The van der Waals surface area contributed by atoms with Gasteiger partial charge in [0.05, 0.1) is 22.3 Å². The van der Waals surface area contributed by atoms with Gasteiger partial charge in [-0.25, -0.2) is 9.59 Å². The topological polar surface area (TPSA) is 75.1 Å². The van der Waals surface area contributed by atoms with Crippen LogP contribution in [0.3, 0.4) is 0 Å². The van der Waals surface area contributed by atoms with E-state index < -0.39 is 5.97 Å². The van der Waals surface area contributed by atoms with E-state index in [1.807, 2.05) is 31.2 Å². The minimum atomic E-state index is -1.01. The number of aromatic amines is 1. The fourth-order valence-electron chi connectivity index (χ4n) is 2.41. The quantitative estimate of drug-likeness (QED) is 0.775. The predicted octanol–water partition coefficient (Wildman–Crippen LogP) is 2.58. The molecule has 0 aliphatic rings. The van der Waals surface area contributed by atoms with Crippen LogP contribution in [0, 0.1) is 0 Å². The maximum atomic E-state index is 12.2. The zero-order chi connectivity index (χ0) is 15.0. The second-order valence-electron chi connectivity index (χ2n) is 4.83. The Bertz CT molecular complexity index is 890. The molecule has 0 unspecified atom stereocenters. The number of aromatic carboxylic acids is 1. The van der Waals surface area contributed by atoms with Crippen LogP contribution in [0.1, 0.15) is 22.8 Å². The Labute approximate surface area is 120 Å². The number of hydrogen-bond donors (Lipinski definition) is 2. The van der Waals surface area contributed by atoms with Crippen LogP contribution in [0.5, 0.6) is 0 Å². The molecular weight excluding hydrogens is 268 g/mol. The smallest absolute Gasteiger partial charge is 0.335 e. The summed E-state index contributed by atoms with van der Waals surface area (Å²) in [5.74, 6) is -1.01. The van der Waals surface area contributed by atoms with Crippen molar-refractivity contribution in [2.75, 3.05) is 0 Å². The second-order valence-corrected chi connectivity index (χ2v) is 4.83. The largest absolute Gasteiger partial charge is 0.478 e. The number of carboxylic acids is 1. The van der Waals surface area contributed by atoms with E-state index in [-0.39, 0.29) is 11.3 Å². The lowest BCUT2D eigenvalue weighted by atomic mass is 10.1. The molecule has 1 aromatic heterocycles. The Balaban J connectivity index is 2.30. The zero-order valence-corrected chi connectivity index (χ0v) is 11.5. The minimum absolute atomic E-state index is 0.155. The van der Waals surface area contributed by atoms with Crippen LogP contribution in [0.15, 0.2) is 47.3 Å². The molecule has 5 nitrogen and oxygen atoms in total. The molecule has 0 bridgehead atoms. The summed E-state index contributed by atoms with van der Waals surface area (Å²) in [6.45, 7) is 2.04. The van der Waals surface area contributed by atoms with E-state index in [0.717, 1.165) is 17.7 Å². The monoisotopic (exact) mass is 282 g/mol. The van der Waals surface area contributed by atoms with Crippen molar-refractivity contribution in [3.8, 4) is 5.69 Å². The number of nitrogens with zero attached hydrogens (tertiary/aromatic N) is 1. The van der Waals surface area contributed by atoms with Crippen LogP contribution in [0.4, 0.5) is 0 Å². The third-order valence-corrected chi connectivity index (χ3v) is 3.51. The number of fused-ring (bicyclic) bond motifs is 1. The van der Waals surface area contributed by atoms with Crippen molar-refractivity contribution in [2.24, 2.45) is 0 Å². The number of hydrogen-bond acceptors (Lipinski definition) is 2. The number of carboxylic acid groups (broad SMARTS) is 1. The van der Waals surface area contributed by atoms with E-state index >= 15 is 0 Å². The highest BCUT2D eigenvalue weighted by Gasteiger charge is 2.12. The first-order chi connectivity index (χ1) is 10.1. The SMILES string of the molecule is CCc1cccc(-n2c(=O)[nH]c3ccc(C(=O)O)cc32)c1. The van der Waals surface area contributed by atoms with Gasteiger partial charge in [0.2, 0.25) is 0 Å². The lowest BCUT2D eigenvalue weighted by molar-refractivity contribution is 0.0697. The fraction of sp³-hybridized carbons (Fsp3) is 0.125. The van der Waals surface area contributed by atoms with Crippen molar-refractivity contribution in [3.05, 3.63) is 64.1 Å². The maximum Gasteiger partial charge on any atom is 0.335 e. The first-order valence-corrected chi connectivity index (χ1v) is 6.67. The van der Waals surface area contributed by atoms with Gasteiger partial charge in [0.1, 0.15) is 0 Å². The number of aromatic nitrogens is 2. The minimum Gasteiger partial charge on any atom is -0.478 e. The third-order valence-electron chi connectivity index (χ3n) is 3.51. The summed E-state index contributed by atoms with van der Waals surface area (Å²) >= 11 is 0. The van der Waals surface area contributed by atoms with Gasteiger partial charge in [-0.3, -0.25) is 4.57 Å². The fourth-order valence-corrected chi connectivity index (χ4v) is 2.41. The van der Waals surface area contributed by atoms with Crippen LogP contribution in [-0.2, 0) is 6.42 Å².